The van der Waals surface area contributed by atoms with Crippen LogP contribution in [0.4, 0.5) is 5.69 Å². The van der Waals surface area contributed by atoms with Crippen molar-refractivity contribution in [3.8, 4) is 0 Å². The van der Waals surface area contributed by atoms with Gasteiger partial charge in [-0.05, 0) is 12.1 Å². The average molecular weight is 267 g/mol. The molecule has 0 atom stereocenters. The van der Waals surface area contributed by atoms with Crippen molar-refractivity contribution in [3.63, 3.8) is 0 Å². The summed E-state index contributed by atoms with van der Waals surface area (Å²) >= 11 is 0. The van der Waals surface area contributed by atoms with E-state index in [2.05, 4.69) is 0 Å². The topological polar surface area (TPSA) is 95.7 Å². The quantitative estimate of drug-likeness (QED) is 0.243. The SMILES string of the molecule is COC(OC)C(=O)CC(=O)c1ccc([N+](=O)[O-])cc1. The van der Waals surface area contributed by atoms with Gasteiger partial charge in [-0.1, -0.05) is 0 Å². The van der Waals surface area contributed by atoms with Crippen LogP contribution in [0.25, 0.3) is 0 Å². The molecule has 19 heavy (non-hydrogen) atoms. The molecule has 0 bridgehead atoms. The van der Waals surface area contributed by atoms with E-state index in [0.29, 0.717) is 0 Å². The van der Waals surface area contributed by atoms with E-state index in [4.69, 9.17) is 9.47 Å². The predicted octanol–water partition coefficient (Wildman–Crippen LogP) is 1.36. The van der Waals surface area contributed by atoms with E-state index in [1.54, 1.807) is 0 Å². The molecule has 1 aromatic rings. The molecule has 0 spiro atoms. The van der Waals surface area contributed by atoms with E-state index in [0.717, 1.165) is 0 Å². The second-order valence-corrected chi connectivity index (χ2v) is 3.67. The fourth-order valence-corrected chi connectivity index (χ4v) is 1.47. The molecule has 0 aromatic heterocycles. The summed E-state index contributed by atoms with van der Waals surface area (Å²) in [6.45, 7) is 0. The summed E-state index contributed by atoms with van der Waals surface area (Å²) in [6, 6.07) is 5.04. The van der Waals surface area contributed by atoms with Crippen molar-refractivity contribution in [3.05, 3.63) is 39.9 Å². The zero-order valence-electron chi connectivity index (χ0n) is 10.5. The lowest BCUT2D eigenvalue weighted by atomic mass is 10.1. The molecule has 0 fully saturated rings. The van der Waals surface area contributed by atoms with Gasteiger partial charge >= 0.3 is 0 Å². The minimum Gasteiger partial charge on any atom is -0.349 e. The maximum Gasteiger partial charge on any atom is 0.269 e. The second kappa shape index (κ2) is 6.72. The molecule has 1 aromatic carbocycles. The van der Waals surface area contributed by atoms with Gasteiger partial charge in [0.1, 0.15) is 0 Å². The summed E-state index contributed by atoms with van der Waals surface area (Å²) < 4.78 is 9.47. The monoisotopic (exact) mass is 267 g/mol. The number of nitrogens with zero attached hydrogens (tertiary/aromatic N) is 1. The Morgan fingerprint density at radius 1 is 1.21 bits per heavy atom. The molecular weight excluding hydrogens is 254 g/mol. The summed E-state index contributed by atoms with van der Waals surface area (Å²) in [5.74, 6) is -0.952. The Kier molecular flexibility index (Phi) is 5.28. The van der Waals surface area contributed by atoms with Crippen molar-refractivity contribution in [2.75, 3.05) is 14.2 Å². The van der Waals surface area contributed by atoms with Gasteiger partial charge in [-0.2, -0.15) is 0 Å². The minimum atomic E-state index is -1.08. The Hall–Kier alpha value is -2.12. The van der Waals surface area contributed by atoms with Crippen LogP contribution in [-0.2, 0) is 14.3 Å². The number of nitro benzene ring substituents is 1. The van der Waals surface area contributed by atoms with Crippen molar-refractivity contribution in [2.45, 2.75) is 12.7 Å². The van der Waals surface area contributed by atoms with Crippen LogP contribution in [0.1, 0.15) is 16.8 Å². The molecule has 1 rings (SSSR count). The van der Waals surface area contributed by atoms with E-state index in [1.807, 2.05) is 0 Å². The van der Waals surface area contributed by atoms with Crippen molar-refractivity contribution in [1.29, 1.82) is 0 Å². The number of ether oxygens (including phenoxy) is 2. The van der Waals surface area contributed by atoms with Crippen LogP contribution in [0, 0.1) is 10.1 Å². The van der Waals surface area contributed by atoms with Gasteiger partial charge in [0.25, 0.3) is 5.69 Å². The minimum absolute atomic E-state index is 0.116. The fraction of sp³-hybridized carbons (Fsp3) is 0.333. The van der Waals surface area contributed by atoms with Crippen molar-refractivity contribution >= 4 is 17.3 Å². The number of ketones is 2. The van der Waals surface area contributed by atoms with Crippen LogP contribution in [0.15, 0.2) is 24.3 Å². The molecule has 7 heteroatoms. The number of carbonyl (C=O) groups excluding carboxylic acids is 2. The second-order valence-electron chi connectivity index (χ2n) is 3.67. The molecule has 0 aliphatic heterocycles. The van der Waals surface area contributed by atoms with E-state index in [-0.39, 0.29) is 17.7 Å². The Balaban J connectivity index is 2.73. The third kappa shape index (κ3) is 3.94. The first-order chi connectivity index (χ1) is 8.99. The molecule has 0 amide bonds. The molecular formula is C12H13NO6. The molecule has 0 unspecified atom stereocenters. The molecule has 0 heterocycles. The molecule has 0 saturated heterocycles. The summed E-state index contributed by atoms with van der Waals surface area (Å²) in [5, 5.41) is 10.5. The lowest BCUT2D eigenvalue weighted by Gasteiger charge is -2.11. The first-order valence-corrected chi connectivity index (χ1v) is 5.35. The molecule has 0 N–H and O–H groups in total. The first kappa shape index (κ1) is 14.9. The number of hydrogen-bond donors (Lipinski definition) is 0. The van der Waals surface area contributed by atoms with Gasteiger partial charge < -0.3 is 9.47 Å². The van der Waals surface area contributed by atoms with Crippen molar-refractivity contribution < 1.29 is 24.0 Å². The number of nitro groups is 1. The maximum absolute atomic E-state index is 11.8. The van der Waals surface area contributed by atoms with Crippen LogP contribution >= 0.6 is 0 Å². The highest BCUT2D eigenvalue weighted by molar-refractivity contribution is 6.08. The summed E-state index contributed by atoms with van der Waals surface area (Å²) in [6.07, 6.45) is -1.47. The van der Waals surface area contributed by atoms with Gasteiger partial charge in [0.05, 0.1) is 11.3 Å². The molecule has 0 radical (unpaired) electrons. The standard InChI is InChI=1S/C12H13NO6/c1-18-12(19-2)11(15)7-10(14)8-3-5-9(6-4-8)13(16)17/h3-6,12H,7H2,1-2H3. The lowest BCUT2D eigenvalue weighted by Crippen LogP contribution is -2.27. The normalized spacial score (nSPS) is 10.5. The molecule has 7 nitrogen and oxygen atoms in total. The smallest absolute Gasteiger partial charge is 0.269 e. The highest BCUT2D eigenvalue weighted by Gasteiger charge is 2.21. The predicted molar refractivity (Wildman–Crippen MR) is 64.9 cm³/mol. The van der Waals surface area contributed by atoms with Crippen LogP contribution in [0.5, 0.6) is 0 Å². The third-order valence-corrected chi connectivity index (χ3v) is 2.43. The Labute approximate surface area is 109 Å². The van der Waals surface area contributed by atoms with Gasteiger partial charge in [-0.25, -0.2) is 0 Å². The maximum atomic E-state index is 11.8. The Bertz CT molecular complexity index is 477. The molecule has 102 valence electrons. The summed E-state index contributed by atoms with van der Waals surface area (Å²) in [7, 11) is 2.59. The van der Waals surface area contributed by atoms with Gasteiger partial charge in [-0.15, -0.1) is 0 Å². The molecule has 0 saturated carbocycles. The van der Waals surface area contributed by atoms with Crippen LogP contribution < -0.4 is 0 Å². The highest BCUT2D eigenvalue weighted by Crippen LogP contribution is 2.14. The van der Waals surface area contributed by atoms with E-state index in [1.165, 1.54) is 38.5 Å². The number of methoxy groups -OCH3 is 2. The Morgan fingerprint density at radius 3 is 2.16 bits per heavy atom. The number of Topliss-reactive ketones (excluding diaryl/α,β-unsaturated/α-hetero) is 2. The molecule has 0 aliphatic carbocycles. The van der Waals surface area contributed by atoms with Gasteiger partial charge in [0, 0.05) is 31.9 Å². The number of rotatable bonds is 7. The summed E-state index contributed by atoms with van der Waals surface area (Å²) in [4.78, 5) is 33.3. The first-order valence-electron chi connectivity index (χ1n) is 5.35. The largest absolute Gasteiger partial charge is 0.349 e. The van der Waals surface area contributed by atoms with Crippen molar-refractivity contribution in [2.24, 2.45) is 0 Å². The van der Waals surface area contributed by atoms with Gasteiger partial charge in [-0.3, -0.25) is 19.7 Å². The zero-order valence-corrected chi connectivity index (χ0v) is 10.5. The van der Waals surface area contributed by atoms with Gasteiger partial charge in [0.15, 0.2) is 11.6 Å². The average Bonchev–Trinajstić information content (AvgIpc) is 2.40. The van der Waals surface area contributed by atoms with Crippen molar-refractivity contribution in [1.82, 2.24) is 0 Å². The van der Waals surface area contributed by atoms with E-state index in [9.17, 15) is 19.7 Å². The molecule has 0 aliphatic rings. The third-order valence-electron chi connectivity index (χ3n) is 2.43. The zero-order chi connectivity index (χ0) is 14.4. The summed E-state index contributed by atoms with van der Waals surface area (Å²) in [5.41, 5.74) is 0.111. The fourth-order valence-electron chi connectivity index (χ4n) is 1.47. The van der Waals surface area contributed by atoms with E-state index < -0.39 is 22.8 Å². The van der Waals surface area contributed by atoms with Crippen LogP contribution in [0.3, 0.4) is 0 Å². The van der Waals surface area contributed by atoms with Gasteiger partial charge in [0.2, 0.25) is 6.29 Å². The highest BCUT2D eigenvalue weighted by atomic mass is 16.7. The number of benzene rings is 1. The lowest BCUT2D eigenvalue weighted by molar-refractivity contribution is -0.384. The number of hydrogen-bond acceptors (Lipinski definition) is 6. The van der Waals surface area contributed by atoms with Crippen LogP contribution in [-0.4, -0.2) is 37.0 Å². The Morgan fingerprint density at radius 2 is 1.74 bits per heavy atom. The number of carbonyl (C=O) groups is 2. The van der Waals surface area contributed by atoms with Crippen LogP contribution in [0.2, 0.25) is 0 Å². The number of non-ortho nitro benzene ring substituents is 1. The van der Waals surface area contributed by atoms with E-state index >= 15 is 0 Å².